The summed E-state index contributed by atoms with van der Waals surface area (Å²) in [5.74, 6) is -2.33. The van der Waals surface area contributed by atoms with Gasteiger partial charge >= 0.3 is 11.9 Å². The lowest BCUT2D eigenvalue weighted by Gasteiger charge is -2.33. The number of halogens is 1. The monoisotopic (exact) mass is 393 g/mol. The lowest BCUT2D eigenvalue weighted by atomic mass is 9.98. The fraction of sp³-hybridized carbons (Fsp3) is 0.571. The molecule has 1 heterocycles. The zero-order chi connectivity index (χ0) is 20.7. The highest BCUT2D eigenvalue weighted by atomic mass is 19.1. The van der Waals surface area contributed by atoms with Crippen LogP contribution >= 0.6 is 0 Å². The molecule has 1 saturated heterocycles. The van der Waals surface area contributed by atoms with Crippen LogP contribution in [0.5, 0.6) is 0 Å². The van der Waals surface area contributed by atoms with Gasteiger partial charge < -0.3 is 14.4 Å². The maximum Gasteiger partial charge on any atom is 0.310 e. The molecule has 2 rings (SSSR count). The second-order valence-corrected chi connectivity index (χ2v) is 7.19. The molecule has 0 bridgehead atoms. The fourth-order valence-electron chi connectivity index (χ4n) is 3.33. The van der Waals surface area contributed by atoms with Crippen LogP contribution in [-0.4, -0.2) is 48.5 Å². The third-order valence-corrected chi connectivity index (χ3v) is 4.83. The quantitative estimate of drug-likeness (QED) is 0.666. The van der Waals surface area contributed by atoms with Crippen molar-refractivity contribution >= 4 is 17.8 Å². The molecule has 3 unspecified atom stereocenters. The van der Waals surface area contributed by atoms with Crippen LogP contribution in [0.15, 0.2) is 24.3 Å². The number of carbonyl (C=O) groups excluding carboxylic acids is 3. The van der Waals surface area contributed by atoms with E-state index in [9.17, 15) is 18.8 Å². The van der Waals surface area contributed by atoms with E-state index in [0.29, 0.717) is 38.0 Å². The van der Waals surface area contributed by atoms with Crippen molar-refractivity contribution in [2.75, 3.05) is 19.7 Å². The van der Waals surface area contributed by atoms with Gasteiger partial charge in [0.1, 0.15) is 5.82 Å². The molecule has 1 aliphatic heterocycles. The molecule has 7 heteroatoms. The predicted molar refractivity (Wildman–Crippen MR) is 101 cm³/mol. The number of nitrogens with zero attached hydrogens (tertiary/aromatic N) is 1. The van der Waals surface area contributed by atoms with E-state index in [1.165, 1.54) is 19.1 Å². The number of esters is 2. The summed E-state index contributed by atoms with van der Waals surface area (Å²) in [6, 6.07) is 6.05. The minimum atomic E-state index is -0.941. The van der Waals surface area contributed by atoms with Gasteiger partial charge in [-0.15, -0.1) is 0 Å². The summed E-state index contributed by atoms with van der Waals surface area (Å²) in [5, 5.41) is 0. The number of piperidine rings is 1. The summed E-state index contributed by atoms with van der Waals surface area (Å²) >= 11 is 0. The van der Waals surface area contributed by atoms with Crippen molar-refractivity contribution in [1.29, 1.82) is 0 Å². The topological polar surface area (TPSA) is 72.9 Å². The second kappa shape index (κ2) is 10.2. The average Bonchev–Trinajstić information content (AvgIpc) is 2.67. The van der Waals surface area contributed by atoms with Gasteiger partial charge in [0.15, 0.2) is 6.10 Å². The molecule has 0 saturated carbocycles. The molecule has 1 fully saturated rings. The zero-order valence-corrected chi connectivity index (χ0v) is 16.7. The average molecular weight is 393 g/mol. The summed E-state index contributed by atoms with van der Waals surface area (Å²) in [4.78, 5) is 38.4. The molecule has 0 spiro atoms. The van der Waals surface area contributed by atoms with Crippen LogP contribution in [0.25, 0.3) is 0 Å². The summed E-state index contributed by atoms with van der Waals surface area (Å²) < 4.78 is 23.7. The van der Waals surface area contributed by atoms with Gasteiger partial charge in [0, 0.05) is 13.1 Å². The highest BCUT2D eigenvalue weighted by Gasteiger charge is 2.32. The Balaban J connectivity index is 1.88. The van der Waals surface area contributed by atoms with Crippen LogP contribution in [0.1, 0.15) is 39.2 Å². The highest BCUT2D eigenvalue weighted by molar-refractivity contribution is 5.84. The number of benzene rings is 1. The highest BCUT2D eigenvalue weighted by Crippen LogP contribution is 2.20. The molecule has 6 nitrogen and oxygen atoms in total. The number of carbonyl (C=O) groups is 3. The first-order chi connectivity index (χ1) is 13.3. The Bertz CT molecular complexity index is 708. The molecular weight excluding hydrogens is 365 g/mol. The van der Waals surface area contributed by atoms with E-state index in [1.54, 1.807) is 30.9 Å². The second-order valence-electron chi connectivity index (χ2n) is 7.19. The maximum absolute atomic E-state index is 13.3. The molecule has 28 heavy (non-hydrogen) atoms. The van der Waals surface area contributed by atoms with Gasteiger partial charge in [-0.05, 0) is 50.8 Å². The van der Waals surface area contributed by atoms with E-state index in [4.69, 9.17) is 9.47 Å². The minimum Gasteiger partial charge on any atom is -0.466 e. The van der Waals surface area contributed by atoms with E-state index in [0.717, 1.165) is 0 Å². The van der Waals surface area contributed by atoms with Crippen molar-refractivity contribution in [2.45, 2.75) is 46.1 Å². The number of hydrogen-bond donors (Lipinski definition) is 0. The van der Waals surface area contributed by atoms with E-state index < -0.39 is 18.0 Å². The Hall–Kier alpha value is -2.44. The Morgan fingerprint density at radius 2 is 2.04 bits per heavy atom. The summed E-state index contributed by atoms with van der Waals surface area (Å²) in [5.41, 5.74) is 0.691. The van der Waals surface area contributed by atoms with Crippen LogP contribution in [0, 0.1) is 17.7 Å². The summed E-state index contributed by atoms with van der Waals surface area (Å²) in [7, 11) is 0. The minimum absolute atomic E-state index is 0.276. The van der Waals surface area contributed by atoms with Gasteiger partial charge in [0.2, 0.25) is 0 Å². The van der Waals surface area contributed by atoms with Gasteiger partial charge in [-0.25, -0.2) is 4.39 Å². The Morgan fingerprint density at radius 3 is 2.71 bits per heavy atom. The standard InChI is InChI=1S/C21H28FNO5/c1-4-27-21(26)17-8-6-10-23(13-17)19(24)15(3)28-20(25)14(2)11-16-7-5-9-18(22)12-16/h5,7,9,12,14-15,17H,4,6,8,10-11,13H2,1-3H3. The molecule has 0 aliphatic carbocycles. The van der Waals surface area contributed by atoms with Crippen LogP contribution in [0.4, 0.5) is 4.39 Å². The van der Waals surface area contributed by atoms with Crippen molar-refractivity contribution in [2.24, 2.45) is 11.8 Å². The third kappa shape index (κ3) is 6.04. The summed E-state index contributed by atoms with van der Waals surface area (Å²) in [6.07, 6.45) is 0.767. The fourth-order valence-corrected chi connectivity index (χ4v) is 3.33. The third-order valence-electron chi connectivity index (χ3n) is 4.83. The Kier molecular flexibility index (Phi) is 7.96. The lowest BCUT2D eigenvalue weighted by molar-refractivity contribution is -0.164. The number of likely N-dealkylation sites (tertiary alicyclic amines) is 1. The van der Waals surface area contributed by atoms with Crippen LogP contribution in [-0.2, 0) is 30.3 Å². The maximum atomic E-state index is 13.3. The lowest BCUT2D eigenvalue weighted by Crippen LogP contribution is -2.47. The summed E-state index contributed by atoms with van der Waals surface area (Å²) in [6.45, 7) is 6.07. The molecule has 0 aromatic heterocycles. The van der Waals surface area contributed by atoms with E-state index in [1.807, 2.05) is 0 Å². The van der Waals surface area contributed by atoms with Crippen molar-refractivity contribution in [3.63, 3.8) is 0 Å². The van der Waals surface area contributed by atoms with Gasteiger partial charge in [-0.2, -0.15) is 0 Å². The normalized spacial score (nSPS) is 18.9. The van der Waals surface area contributed by atoms with Crippen molar-refractivity contribution < 1.29 is 28.2 Å². The Morgan fingerprint density at radius 1 is 1.29 bits per heavy atom. The molecule has 1 aromatic carbocycles. The van der Waals surface area contributed by atoms with E-state index >= 15 is 0 Å². The van der Waals surface area contributed by atoms with Crippen LogP contribution in [0.3, 0.4) is 0 Å². The van der Waals surface area contributed by atoms with Crippen molar-refractivity contribution in [3.8, 4) is 0 Å². The molecule has 0 radical (unpaired) electrons. The zero-order valence-electron chi connectivity index (χ0n) is 16.7. The largest absolute Gasteiger partial charge is 0.466 e. The molecule has 0 N–H and O–H groups in total. The van der Waals surface area contributed by atoms with Crippen molar-refractivity contribution in [1.82, 2.24) is 4.90 Å². The molecular formula is C21H28FNO5. The first kappa shape index (κ1) is 21.9. The van der Waals surface area contributed by atoms with Crippen LogP contribution in [0.2, 0.25) is 0 Å². The van der Waals surface area contributed by atoms with Gasteiger partial charge in [-0.3, -0.25) is 14.4 Å². The van der Waals surface area contributed by atoms with Crippen LogP contribution < -0.4 is 0 Å². The Labute approximate surface area is 165 Å². The first-order valence-corrected chi connectivity index (χ1v) is 9.72. The molecule has 3 atom stereocenters. The first-order valence-electron chi connectivity index (χ1n) is 9.72. The predicted octanol–water partition coefficient (Wildman–Crippen LogP) is 2.74. The van der Waals surface area contributed by atoms with Gasteiger partial charge in [0.05, 0.1) is 18.4 Å². The molecule has 1 amide bonds. The van der Waals surface area contributed by atoms with Gasteiger partial charge in [-0.1, -0.05) is 19.1 Å². The smallest absolute Gasteiger partial charge is 0.310 e. The SMILES string of the molecule is CCOC(=O)C1CCCN(C(=O)C(C)OC(=O)C(C)Cc2cccc(F)c2)C1. The van der Waals surface area contributed by atoms with E-state index in [-0.39, 0.29) is 30.2 Å². The molecule has 1 aliphatic rings. The number of ether oxygens (including phenoxy) is 2. The van der Waals surface area contributed by atoms with Crippen molar-refractivity contribution in [3.05, 3.63) is 35.6 Å². The number of rotatable bonds is 7. The molecule has 1 aromatic rings. The van der Waals surface area contributed by atoms with E-state index in [2.05, 4.69) is 0 Å². The molecule has 154 valence electrons. The van der Waals surface area contributed by atoms with Gasteiger partial charge in [0.25, 0.3) is 5.91 Å². The number of hydrogen-bond acceptors (Lipinski definition) is 5. The number of amides is 1.